The lowest BCUT2D eigenvalue weighted by Crippen LogP contribution is -2.04. The summed E-state index contributed by atoms with van der Waals surface area (Å²) >= 11 is 6.26. The highest BCUT2D eigenvalue weighted by molar-refractivity contribution is 6.36. The first-order valence-electron chi connectivity index (χ1n) is 6.03. The first-order valence-corrected chi connectivity index (χ1v) is 6.41. The van der Waals surface area contributed by atoms with E-state index in [-0.39, 0.29) is 5.69 Å². The molecule has 0 unspecified atom stereocenters. The number of carboxylic acids is 1. The van der Waals surface area contributed by atoms with Crippen molar-refractivity contribution >= 4 is 28.5 Å². The molecule has 3 rings (SSSR count). The third kappa shape index (κ3) is 1.78. The molecular weight excluding hydrogens is 278 g/mol. The van der Waals surface area contributed by atoms with Gasteiger partial charge in [-0.15, -0.1) is 0 Å². The van der Waals surface area contributed by atoms with E-state index in [1.54, 1.807) is 13.1 Å². The normalized spacial score (nSPS) is 11.2. The van der Waals surface area contributed by atoms with Crippen LogP contribution >= 0.6 is 11.6 Å². The van der Waals surface area contributed by atoms with Gasteiger partial charge in [0.05, 0.1) is 10.7 Å². The van der Waals surface area contributed by atoms with Crippen LogP contribution in [-0.4, -0.2) is 25.8 Å². The summed E-state index contributed by atoms with van der Waals surface area (Å²) in [6.07, 6.45) is 0. The van der Waals surface area contributed by atoms with Crippen LogP contribution in [0.4, 0.5) is 0 Å². The van der Waals surface area contributed by atoms with Crippen LogP contribution in [-0.2, 0) is 7.05 Å². The quantitative estimate of drug-likeness (QED) is 0.761. The molecule has 0 saturated heterocycles. The third-order valence-electron chi connectivity index (χ3n) is 3.32. The maximum atomic E-state index is 11.1. The number of benzene rings is 1. The van der Waals surface area contributed by atoms with Crippen LogP contribution in [0.15, 0.2) is 24.3 Å². The Morgan fingerprint density at radius 3 is 2.85 bits per heavy atom. The number of nitrogens with zero attached hydrogens (tertiary/aromatic N) is 2. The van der Waals surface area contributed by atoms with Gasteiger partial charge in [0.25, 0.3) is 0 Å². The van der Waals surface area contributed by atoms with Gasteiger partial charge in [0.1, 0.15) is 5.69 Å². The van der Waals surface area contributed by atoms with Crippen LogP contribution in [0.1, 0.15) is 16.2 Å². The lowest BCUT2D eigenvalue weighted by Gasteiger charge is -1.98. The van der Waals surface area contributed by atoms with Gasteiger partial charge in [-0.3, -0.25) is 4.68 Å². The largest absolute Gasteiger partial charge is 0.477 e. The number of halogens is 1. The van der Waals surface area contributed by atoms with E-state index in [0.29, 0.717) is 10.7 Å². The van der Waals surface area contributed by atoms with Gasteiger partial charge in [0, 0.05) is 29.2 Å². The Morgan fingerprint density at radius 2 is 2.20 bits per heavy atom. The number of aromatic amines is 1. The Bertz CT molecular complexity index is 832. The Labute approximate surface area is 119 Å². The van der Waals surface area contributed by atoms with Crippen LogP contribution in [0.3, 0.4) is 0 Å². The van der Waals surface area contributed by atoms with E-state index < -0.39 is 5.97 Å². The standard InChI is InChI=1S/C14H12ClN3O2/c1-7-12(10-6-11(14(19)20)18(2)17-10)13-8(15)4-3-5-9(13)16-7/h3-6,16H,1-2H3,(H,19,20). The number of fused-ring (bicyclic) bond motifs is 1. The molecule has 0 spiro atoms. The molecule has 0 atom stereocenters. The second kappa shape index (κ2) is 4.38. The zero-order valence-corrected chi connectivity index (χ0v) is 11.7. The fraction of sp³-hybridized carbons (Fsp3) is 0.143. The number of hydrogen-bond acceptors (Lipinski definition) is 2. The van der Waals surface area contributed by atoms with Crippen molar-refractivity contribution in [2.45, 2.75) is 6.92 Å². The number of aryl methyl sites for hydroxylation is 2. The zero-order chi connectivity index (χ0) is 14.4. The van der Waals surface area contributed by atoms with E-state index in [9.17, 15) is 4.79 Å². The number of H-pyrrole nitrogens is 1. The first-order chi connectivity index (χ1) is 9.49. The van der Waals surface area contributed by atoms with Crippen molar-refractivity contribution in [3.8, 4) is 11.3 Å². The number of nitrogens with one attached hydrogen (secondary N) is 1. The van der Waals surface area contributed by atoms with Crippen molar-refractivity contribution < 1.29 is 9.90 Å². The lowest BCUT2D eigenvalue weighted by molar-refractivity contribution is 0.0685. The topological polar surface area (TPSA) is 70.9 Å². The Kier molecular flexibility index (Phi) is 2.79. The van der Waals surface area contributed by atoms with E-state index in [0.717, 1.165) is 22.2 Å². The van der Waals surface area contributed by atoms with E-state index in [2.05, 4.69) is 10.1 Å². The molecule has 6 heteroatoms. The van der Waals surface area contributed by atoms with Gasteiger partial charge in [-0.2, -0.15) is 5.10 Å². The van der Waals surface area contributed by atoms with Gasteiger partial charge in [0.2, 0.25) is 0 Å². The molecule has 1 aromatic carbocycles. The van der Waals surface area contributed by atoms with Crippen LogP contribution in [0, 0.1) is 6.92 Å². The van der Waals surface area contributed by atoms with Gasteiger partial charge in [-0.25, -0.2) is 4.79 Å². The minimum absolute atomic E-state index is 0.140. The summed E-state index contributed by atoms with van der Waals surface area (Å²) in [6, 6.07) is 7.16. The zero-order valence-electron chi connectivity index (χ0n) is 10.9. The minimum atomic E-state index is -1.00. The first kappa shape index (κ1) is 12.7. The Hall–Kier alpha value is -2.27. The monoisotopic (exact) mass is 289 g/mol. The maximum Gasteiger partial charge on any atom is 0.354 e. The van der Waals surface area contributed by atoms with Crippen molar-refractivity contribution in [3.05, 3.63) is 40.7 Å². The highest BCUT2D eigenvalue weighted by Crippen LogP contribution is 2.35. The van der Waals surface area contributed by atoms with Gasteiger partial charge >= 0.3 is 5.97 Å². The average molecular weight is 290 g/mol. The van der Waals surface area contributed by atoms with E-state index in [1.807, 2.05) is 25.1 Å². The molecule has 2 heterocycles. The molecule has 0 saturated carbocycles. The molecule has 5 nitrogen and oxygen atoms in total. The molecule has 2 aromatic heterocycles. The summed E-state index contributed by atoms with van der Waals surface area (Å²) < 4.78 is 1.35. The summed E-state index contributed by atoms with van der Waals surface area (Å²) in [5.74, 6) is -1.00. The molecule has 0 radical (unpaired) electrons. The molecule has 0 bridgehead atoms. The highest BCUT2D eigenvalue weighted by Gasteiger charge is 2.19. The SMILES string of the molecule is Cc1[nH]c2cccc(Cl)c2c1-c1cc(C(=O)O)n(C)n1. The molecular formula is C14H12ClN3O2. The predicted octanol–water partition coefficient (Wildman–Crippen LogP) is 3.23. The van der Waals surface area contributed by atoms with Crippen LogP contribution < -0.4 is 0 Å². The molecule has 2 N–H and O–H groups in total. The van der Waals surface area contributed by atoms with Crippen LogP contribution in [0.5, 0.6) is 0 Å². The molecule has 0 aliphatic rings. The predicted molar refractivity (Wildman–Crippen MR) is 77.2 cm³/mol. The Balaban J connectivity index is 2.32. The van der Waals surface area contributed by atoms with Crippen molar-refractivity contribution in [1.82, 2.24) is 14.8 Å². The summed E-state index contributed by atoms with van der Waals surface area (Å²) in [4.78, 5) is 14.4. The highest BCUT2D eigenvalue weighted by atomic mass is 35.5. The average Bonchev–Trinajstić information content (AvgIpc) is 2.90. The molecule has 102 valence electrons. The summed E-state index contributed by atoms with van der Waals surface area (Å²) in [5, 5.41) is 14.9. The maximum absolute atomic E-state index is 11.1. The Morgan fingerprint density at radius 1 is 1.45 bits per heavy atom. The number of aromatic nitrogens is 3. The van der Waals surface area contributed by atoms with Crippen LogP contribution in [0.25, 0.3) is 22.2 Å². The lowest BCUT2D eigenvalue weighted by atomic mass is 10.1. The van der Waals surface area contributed by atoms with Crippen molar-refractivity contribution in [2.24, 2.45) is 7.05 Å². The molecule has 20 heavy (non-hydrogen) atoms. The molecule has 3 aromatic rings. The van der Waals surface area contributed by atoms with Gasteiger partial charge in [0.15, 0.2) is 0 Å². The molecule has 0 aliphatic carbocycles. The number of aromatic carboxylic acids is 1. The van der Waals surface area contributed by atoms with Crippen LogP contribution in [0.2, 0.25) is 5.02 Å². The van der Waals surface area contributed by atoms with E-state index in [1.165, 1.54) is 4.68 Å². The second-order valence-corrected chi connectivity index (χ2v) is 5.04. The van der Waals surface area contributed by atoms with Gasteiger partial charge < -0.3 is 10.1 Å². The van der Waals surface area contributed by atoms with E-state index >= 15 is 0 Å². The van der Waals surface area contributed by atoms with Crippen molar-refractivity contribution in [3.63, 3.8) is 0 Å². The molecule has 0 fully saturated rings. The summed E-state index contributed by atoms with van der Waals surface area (Å²) in [6.45, 7) is 1.92. The fourth-order valence-corrected chi connectivity index (χ4v) is 2.71. The van der Waals surface area contributed by atoms with E-state index in [4.69, 9.17) is 16.7 Å². The third-order valence-corrected chi connectivity index (χ3v) is 3.63. The number of rotatable bonds is 2. The number of carboxylic acid groups (broad SMARTS) is 1. The second-order valence-electron chi connectivity index (χ2n) is 4.63. The smallest absolute Gasteiger partial charge is 0.354 e. The van der Waals surface area contributed by atoms with Crippen molar-refractivity contribution in [1.29, 1.82) is 0 Å². The molecule has 0 aliphatic heterocycles. The van der Waals surface area contributed by atoms with Gasteiger partial charge in [-0.1, -0.05) is 17.7 Å². The summed E-state index contributed by atoms with van der Waals surface area (Å²) in [5.41, 5.74) is 3.40. The minimum Gasteiger partial charge on any atom is -0.477 e. The van der Waals surface area contributed by atoms with Gasteiger partial charge in [-0.05, 0) is 25.1 Å². The summed E-state index contributed by atoms with van der Waals surface area (Å²) in [7, 11) is 1.61. The number of hydrogen-bond donors (Lipinski definition) is 2. The van der Waals surface area contributed by atoms with Crippen molar-refractivity contribution in [2.75, 3.05) is 0 Å². The fourth-order valence-electron chi connectivity index (χ4n) is 2.44. The number of carbonyl (C=O) groups is 1. The molecule has 0 amide bonds.